The number of hydrogen-bond acceptors (Lipinski definition) is 6. The topological polar surface area (TPSA) is 54.5 Å². The molecule has 1 aromatic carbocycles. The number of thioether (sulfide) groups is 1. The van der Waals surface area contributed by atoms with Crippen LogP contribution in [0.4, 0.5) is 0 Å². The fourth-order valence-corrected chi connectivity index (χ4v) is 4.10. The molecule has 0 aliphatic carbocycles. The molecule has 1 saturated heterocycles. The summed E-state index contributed by atoms with van der Waals surface area (Å²) in [4.78, 5) is 20.1. The first kappa shape index (κ1) is 17.4. The molecule has 1 aliphatic heterocycles. The van der Waals surface area contributed by atoms with Crippen molar-refractivity contribution in [3.8, 4) is 0 Å². The summed E-state index contributed by atoms with van der Waals surface area (Å²) < 4.78 is 5.33. The Morgan fingerprint density at radius 1 is 1.33 bits per heavy atom. The first-order valence-electron chi connectivity index (χ1n) is 8.00. The van der Waals surface area contributed by atoms with Gasteiger partial charge in [-0.25, -0.2) is 4.98 Å². The minimum absolute atomic E-state index is 0.00960. The highest BCUT2D eigenvalue weighted by atomic mass is 32.2. The highest BCUT2D eigenvalue weighted by Crippen LogP contribution is 2.26. The van der Waals surface area contributed by atoms with Gasteiger partial charge in [-0.15, -0.1) is 23.1 Å². The number of carbonyl (C=O) groups is 1. The van der Waals surface area contributed by atoms with Crippen molar-refractivity contribution >= 4 is 29.0 Å². The number of rotatable bonds is 7. The highest BCUT2D eigenvalue weighted by Gasteiger charge is 2.13. The van der Waals surface area contributed by atoms with E-state index in [2.05, 4.69) is 15.2 Å². The van der Waals surface area contributed by atoms with E-state index in [0.29, 0.717) is 6.54 Å². The first-order valence-corrected chi connectivity index (χ1v) is 9.93. The lowest BCUT2D eigenvalue weighted by atomic mass is 10.2. The Bertz CT molecular complexity index is 643. The summed E-state index contributed by atoms with van der Waals surface area (Å²) in [6, 6.07) is 7.75. The van der Waals surface area contributed by atoms with Crippen molar-refractivity contribution in [2.75, 3.05) is 39.4 Å². The van der Waals surface area contributed by atoms with Crippen LogP contribution >= 0.6 is 23.1 Å². The second-order valence-electron chi connectivity index (χ2n) is 5.47. The summed E-state index contributed by atoms with van der Waals surface area (Å²) in [7, 11) is 0. The summed E-state index contributed by atoms with van der Waals surface area (Å²) >= 11 is 3.24. The minimum atomic E-state index is -0.00960. The molecule has 7 heteroatoms. The van der Waals surface area contributed by atoms with Crippen LogP contribution < -0.4 is 5.32 Å². The maximum Gasteiger partial charge on any atom is 0.252 e. The zero-order valence-electron chi connectivity index (χ0n) is 13.4. The minimum Gasteiger partial charge on any atom is -0.379 e. The molecule has 128 valence electrons. The van der Waals surface area contributed by atoms with Gasteiger partial charge < -0.3 is 10.1 Å². The van der Waals surface area contributed by atoms with Gasteiger partial charge in [0, 0.05) is 42.2 Å². The number of ether oxygens (including phenoxy) is 1. The molecule has 1 fully saturated rings. The van der Waals surface area contributed by atoms with Gasteiger partial charge in [0.2, 0.25) is 0 Å². The van der Waals surface area contributed by atoms with Gasteiger partial charge in [0.25, 0.3) is 5.91 Å². The van der Waals surface area contributed by atoms with Crippen LogP contribution in [0.5, 0.6) is 0 Å². The second kappa shape index (κ2) is 9.17. The van der Waals surface area contributed by atoms with Crippen LogP contribution in [0.25, 0.3) is 0 Å². The SMILES string of the molecule is O=C(NCCN1CCOCC1)c1ccccc1SCc1cscn1. The lowest BCUT2D eigenvalue weighted by Gasteiger charge is -2.26. The summed E-state index contributed by atoms with van der Waals surface area (Å²) in [5.74, 6) is 0.770. The van der Waals surface area contributed by atoms with Crippen molar-refractivity contribution in [1.29, 1.82) is 0 Å². The largest absolute Gasteiger partial charge is 0.379 e. The molecule has 0 unspecified atom stereocenters. The van der Waals surface area contributed by atoms with Gasteiger partial charge in [0.05, 0.1) is 30.0 Å². The normalized spacial score (nSPS) is 15.3. The Morgan fingerprint density at radius 3 is 2.96 bits per heavy atom. The van der Waals surface area contributed by atoms with Gasteiger partial charge >= 0.3 is 0 Å². The Labute approximate surface area is 150 Å². The molecule has 1 amide bonds. The second-order valence-corrected chi connectivity index (χ2v) is 7.21. The van der Waals surface area contributed by atoms with Crippen LogP contribution in [0.3, 0.4) is 0 Å². The maximum absolute atomic E-state index is 12.5. The van der Waals surface area contributed by atoms with Crippen LogP contribution in [-0.2, 0) is 10.5 Å². The zero-order valence-corrected chi connectivity index (χ0v) is 15.1. The van der Waals surface area contributed by atoms with Gasteiger partial charge in [-0.2, -0.15) is 0 Å². The average Bonchev–Trinajstić information content (AvgIpc) is 3.14. The Morgan fingerprint density at radius 2 is 2.17 bits per heavy atom. The van der Waals surface area contributed by atoms with E-state index < -0.39 is 0 Å². The summed E-state index contributed by atoms with van der Waals surface area (Å²) in [6.07, 6.45) is 0. The number of thiazole rings is 1. The Kier molecular flexibility index (Phi) is 6.66. The lowest BCUT2D eigenvalue weighted by Crippen LogP contribution is -2.41. The third-order valence-corrected chi connectivity index (χ3v) is 5.55. The van der Waals surface area contributed by atoms with Gasteiger partial charge in [0.15, 0.2) is 0 Å². The van der Waals surface area contributed by atoms with Crippen molar-refractivity contribution in [1.82, 2.24) is 15.2 Å². The predicted molar refractivity (Wildman–Crippen MR) is 97.7 cm³/mol. The maximum atomic E-state index is 12.5. The summed E-state index contributed by atoms with van der Waals surface area (Å²) in [6.45, 7) is 4.97. The number of aromatic nitrogens is 1. The fraction of sp³-hybridized carbons (Fsp3) is 0.412. The monoisotopic (exact) mass is 363 g/mol. The van der Waals surface area contributed by atoms with Crippen LogP contribution in [0.15, 0.2) is 40.1 Å². The molecule has 1 aromatic heterocycles. The number of carbonyl (C=O) groups excluding carboxylic acids is 1. The number of benzene rings is 1. The van der Waals surface area contributed by atoms with E-state index in [0.717, 1.165) is 54.8 Å². The standard InChI is InChI=1S/C17H21N3O2S2/c21-17(18-5-6-20-7-9-22-10-8-20)15-3-1-2-4-16(15)24-12-14-11-23-13-19-14/h1-4,11,13H,5-10,12H2,(H,18,21). The number of hydrogen-bond donors (Lipinski definition) is 1. The van der Waals surface area contributed by atoms with Crippen LogP contribution in [-0.4, -0.2) is 55.2 Å². The molecule has 1 N–H and O–H groups in total. The third kappa shape index (κ3) is 5.04. The molecule has 2 heterocycles. The van der Waals surface area contributed by atoms with Crippen molar-refractivity contribution in [3.05, 3.63) is 46.4 Å². The van der Waals surface area contributed by atoms with Crippen molar-refractivity contribution in [2.45, 2.75) is 10.6 Å². The zero-order chi connectivity index (χ0) is 16.6. The third-order valence-electron chi connectivity index (χ3n) is 3.81. The molecular weight excluding hydrogens is 342 g/mol. The molecule has 0 bridgehead atoms. The molecular formula is C17H21N3O2S2. The molecule has 5 nitrogen and oxygen atoms in total. The van der Waals surface area contributed by atoms with Gasteiger partial charge in [-0.05, 0) is 12.1 Å². The fourth-order valence-electron chi connectivity index (χ4n) is 2.49. The van der Waals surface area contributed by atoms with E-state index in [1.165, 1.54) is 0 Å². The van der Waals surface area contributed by atoms with E-state index in [9.17, 15) is 4.79 Å². The molecule has 0 spiro atoms. The molecule has 2 aromatic rings. The van der Waals surface area contributed by atoms with Crippen molar-refractivity contribution < 1.29 is 9.53 Å². The smallest absolute Gasteiger partial charge is 0.252 e. The van der Waals surface area contributed by atoms with Gasteiger partial charge in [0.1, 0.15) is 0 Å². The van der Waals surface area contributed by atoms with Gasteiger partial charge in [-0.1, -0.05) is 12.1 Å². The molecule has 0 radical (unpaired) electrons. The van der Waals surface area contributed by atoms with Crippen LogP contribution in [0.2, 0.25) is 0 Å². The molecule has 24 heavy (non-hydrogen) atoms. The van der Waals surface area contributed by atoms with Crippen LogP contribution in [0.1, 0.15) is 16.1 Å². The molecule has 3 rings (SSSR count). The summed E-state index contributed by atoms with van der Waals surface area (Å²) in [5.41, 5.74) is 3.62. The van der Waals surface area contributed by atoms with E-state index in [1.54, 1.807) is 23.1 Å². The van der Waals surface area contributed by atoms with E-state index in [4.69, 9.17) is 4.74 Å². The van der Waals surface area contributed by atoms with E-state index in [1.807, 2.05) is 35.2 Å². The van der Waals surface area contributed by atoms with Crippen LogP contribution in [0, 0.1) is 0 Å². The lowest BCUT2D eigenvalue weighted by molar-refractivity contribution is 0.0383. The molecule has 1 aliphatic rings. The number of nitrogens with one attached hydrogen (secondary N) is 1. The molecule has 0 saturated carbocycles. The van der Waals surface area contributed by atoms with E-state index >= 15 is 0 Å². The number of amides is 1. The van der Waals surface area contributed by atoms with Crippen molar-refractivity contribution in [3.63, 3.8) is 0 Å². The number of nitrogens with zero attached hydrogens (tertiary/aromatic N) is 2. The predicted octanol–water partition coefficient (Wildman–Crippen LogP) is 2.50. The van der Waals surface area contributed by atoms with E-state index in [-0.39, 0.29) is 5.91 Å². The summed E-state index contributed by atoms with van der Waals surface area (Å²) in [5, 5.41) is 5.07. The highest BCUT2D eigenvalue weighted by molar-refractivity contribution is 7.98. The first-order chi connectivity index (χ1) is 11.8. The van der Waals surface area contributed by atoms with Gasteiger partial charge in [-0.3, -0.25) is 9.69 Å². The average molecular weight is 364 g/mol. The Balaban J connectivity index is 1.51. The molecule has 0 atom stereocenters. The quantitative estimate of drug-likeness (QED) is 0.766. The van der Waals surface area contributed by atoms with Crippen molar-refractivity contribution in [2.24, 2.45) is 0 Å². The Hall–Kier alpha value is -1.41. The number of morpholine rings is 1.